The molecule has 0 bridgehead atoms. The molecule has 0 unspecified atom stereocenters. The Bertz CT molecular complexity index is 465. The highest BCUT2D eigenvalue weighted by atomic mass is 79.9. The number of nitrogens with zero attached hydrogens (tertiary/aromatic N) is 1. The van der Waals surface area contributed by atoms with Gasteiger partial charge in [-0.05, 0) is 30.7 Å². The summed E-state index contributed by atoms with van der Waals surface area (Å²) < 4.78 is 0.951. The normalized spacial score (nSPS) is 10.0. The van der Waals surface area contributed by atoms with E-state index in [4.69, 9.17) is 11.6 Å². The molecule has 1 rings (SSSR count). The molecule has 1 aromatic carbocycles. The number of anilines is 1. The summed E-state index contributed by atoms with van der Waals surface area (Å²) in [4.78, 5) is 24.2. The second-order valence-corrected chi connectivity index (χ2v) is 5.07. The zero-order valence-corrected chi connectivity index (χ0v) is 12.5. The number of likely N-dealkylation sites (N-methyl/N-ethyl adjacent to an activating group) is 1. The Labute approximate surface area is 119 Å². The molecular formula is C12H14BrClN2O2. The zero-order valence-electron chi connectivity index (χ0n) is 10.2. The van der Waals surface area contributed by atoms with Gasteiger partial charge >= 0.3 is 0 Å². The summed E-state index contributed by atoms with van der Waals surface area (Å²) in [5.41, 5.74) is 1.68. The van der Waals surface area contributed by atoms with Gasteiger partial charge in [-0.1, -0.05) is 15.9 Å². The number of nitrogens with one attached hydrogen (secondary N) is 1. The maximum atomic E-state index is 11.7. The molecule has 0 aliphatic rings. The highest BCUT2D eigenvalue weighted by Crippen LogP contribution is 2.19. The van der Waals surface area contributed by atoms with E-state index in [0.717, 1.165) is 15.7 Å². The number of hydrogen-bond donors (Lipinski definition) is 1. The quantitative estimate of drug-likeness (QED) is 0.860. The standard InChI is InChI=1S/C12H14BrClN2O2/c1-8-5-9(13)3-4-10(8)15-11(17)7-16(2)12(18)6-14/h3-5H,6-7H2,1-2H3,(H,15,17). The third-order valence-corrected chi connectivity index (χ3v) is 3.11. The van der Waals surface area contributed by atoms with Crippen LogP contribution in [0.5, 0.6) is 0 Å². The fourth-order valence-corrected chi connectivity index (χ4v) is 2.04. The van der Waals surface area contributed by atoms with E-state index in [-0.39, 0.29) is 24.2 Å². The molecule has 0 saturated heterocycles. The van der Waals surface area contributed by atoms with Crippen LogP contribution in [0.2, 0.25) is 0 Å². The van der Waals surface area contributed by atoms with Crippen molar-refractivity contribution in [2.24, 2.45) is 0 Å². The third-order valence-electron chi connectivity index (χ3n) is 2.38. The first-order valence-electron chi connectivity index (χ1n) is 5.30. The van der Waals surface area contributed by atoms with Crippen molar-refractivity contribution in [1.82, 2.24) is 4.90 Å². The molecule has 0 atom stereocenters. The van der Waals surface area contributed by atoms with Crippen LogP contribution in [0.3, 0.4) is 0 Å². The summed E-state index contributed by atoms with van der Waals surface area (Å²) in [6, 6.07) is 5.56. The Morgan fingerprint density at radius 2 is 2.11 bits per heavy atom. The van der Waals surface area contributed by atoms with E-state index in [1.54, 1.807) is 13.1 Å². The monoisotopic (exact) mass is 332 g/mol. The molecule has 1 N–H and O–H groups in total. The highest BCUT2D eigenvalue weighted by Gasteiger charge is 2.12. The lowest BCUT2D eigenvalue weighted by atomic mass is 10.2. The molecule has 98 valence electrons. The summed E-state index contributed by atoms with van der Waals surface area (Å²) in [6.45, 7) is 1.88. The Morgan fingerprint density at radius 1 is 1.44 bits per heavy atom. The van der Waals surface area contributed by atoms with Gasteiger partial charge in [0.2, 0.25) is 11.8 Å². The number of halogens is 2. The molecule has 0 aliphatic carbocycles. The second-order valence-electron chi connectivity index (χ2n) is 3.89. The van der Waals surface area contributed by atoms with Gasteiger partial charge in [0.15, 0.2) is 0 Å². The second kappa shape index (κ2) is 6.75. The number of carbonyl (C=O) groups excluding carboxylic acids is 2. The van der Waals surface area contributed by atoms with Crippen LogP contribution in [0, 0.1) is 6.92 Å². The molecule has 0 aliphatic heterocycles. The maximum Gasteiger partial charge on any atom is 0.243 e. The van der Waals surface area contributed by atoms with E-state index in [9.17, 15) is 9.59 Å². The van der Waals surface area contributed by atoms with Crippen molar-refractivity contribution in [3.63, 3.8) is 0 Å². The van der Waals surface area contributed by atoms with Crippen molar-refractivity contribution in [1.29, 1.82) is 0 Å². The van der Waals surface area contributed by atoms with Gasteiger partial charge in [0, 0.05) is 17.2 Å². The molecule has 1 aromatic rings. The van der Waals surface area contributed by atoms with Crippen LogP contribution in [0.4, 0.5) is 5.69 Å². The van der Waals surface area contributed by atoms with Crippen molar-refractivity contribution < 1.29 is 9.59 Å². The lowest BCUT2D eigenvalue weighted by Crippen LogP contribution is -2.35. The molecule has 18 heavy (non-hydrogen) atoms. The first-order valence-corrected chi connectivity index (χ1v) is 6.62. The fourth-order valence-electron chi connectivity index (χ4n) is 1.36. The number of hydrogen-bond acceptors (Lipinski definition) is 2. The molecule has 0 aromatic heterocycles. The summed E-state index contributed by atoms with van der Waals surface area (Å²) in [5, 5.41) is 2.75. The lowest BCUT2D eigenvalue weighted by molar-refractivity contribution is -0.131. The van der Waals surface area contributed by atoms with Gasteiger partial charge in [0.25, 0.3) is 0 Å². The van der Waals surface area contributed by atoms with E-state index in [1.165, 1.54) is 4.90 Å². The Hall–Kier alpha value is -1.07. The minimum atomic E-state index is -0.278. The largest absolute Gasteiger partial charge is 0.335 e. The average Bonchev–Trinajstić information content (AvgIpc) is 2.31. The molecule has 6 heteroatoms. The fraction of sp³-hybridized carbons (Fsp3) is 0.333. The first-order chi connectivity index (χ1) is 8.43. The molecule has 0 heterocycles. The number of carbonyl (C=O) groups is 2. The zero-order chi connectivity index (χ0) is 13.7. The van der Waals surface area contributed by atoms with Crippen molar-refractivity contribution in [3.05, 3.63) is 28.2 Å². The van der Waals surface area contributed by atoms with Crippen LogP contribution in [-0.4, -0.2) is 36.2 Å². The van der Waals surface area contributed by atoms with Gasteiger partial charge in [-0.25, -0.2) is 0 Å². The van der Waals surface area contributed by atoms with Gasteiger partial charge in [-0.2, -0.15) is 0 Å². The smallest absolute Gasteiger partial charge is 0.243 e. The third kappa shape index (κ3) is 4.31. The summed E-state index contributed by atoms with van der Waals surface area (Å²) in [6.07, 6.45) is 0. The minimum Gasteiger partial charge on any atom is -0.335 e. The average molecular weight is 334 g/mol. The summed E-state index contributed by atoms with van der Waals surface area (Å²) in [5.74, 6) is -0.651. The van der Waals surface area contributed by atoms with Crippen LogP contribution >= 0.6 is 27.5 Å². The molecule has 4 nitrogen and oxygen atoms in total. The molecule has 0 fully saturated rings. The Balaban J connectivity index is 2.62. The first kappa shape index (κ1) is 15.0. The highest BCUT2D eigenvalue weighted by molar-refractivity contribution is 9.10. The number of rotatable bonds is 4. The predicted octanol–water partition coefficient (Wildman–Crippen LogP) is 2.39. The number of alkyl halides is 1. The van der Waals surface area contributed by atoms with Crippen molar-refractivity contribution in [2.75, 3.05) is 24.8 Å². The number of amides is 2. The summed E-state index contributed by atoms with van der Waals surface area (Å²) in [7, 11) is 1.54. The van der Waals surface area contributed by atoms with Crippen LogP contribution in [-0.2, 0) is 9.59 Å². The number of aryl methyl sites for hydroxylation is 1. The summed E-state index contributed by atoms with van der Waals surface area (Å²) >= 11 is 8.76. The molecular weight excluding hydrogens is 320 g/mol. The van der Waals surface area contributed by atoms with Crippen LogP contribution in [0.25, 0.3) is 0 Å². The SMILES string of the molecule is Cc1cc(Br)ccc1NC(=O)CN(C)C(=O)CCl. The Kier molecular flexibility index (Phi) is 5.62. The van der Waals surface area contributed by atoms with Crippen molar-refractivity contribution in [3.8, 4) is 0 Å². The number of benzene rings is 1. The van der Waals surface area contributed by atoms with Gasteiger partial charge < -0.3 is 10.2 Å². The van der Waals surface area contributed by atoms with E-state index in [2.05, 4.69) is 21.2 Å². The molecule has 0 radical (unpaired) electrons. The lowest BCUT2D eigenvalue weighted by Gasteiger charge is -2.16. The van der Waals surface area contributed by atoms with E-state index < -0.39 is 0 Å². The Morgan fingerprint density at radius 3 is 2.67 bits per heavy atom. The van der Waals surface area contributed by atoms with Crippen molar-refractivity contribution >= 4 is 45.0 Å². The van der Waals surface area contributed by atoms with Crippen LogP contribution in [0.1, 0.15) is 5.56 Å². The van der Waals surface area contributed by atoms with Crippen LogP contribution < -0.4 is 5.32 Å². The van der Waals surface area contributed by atoms with Crippen LogP contribution in [0.15, 0.2) is 22.7 Å². The van der Waals surface area contributed by atoms with E-state index in [1.807, 2.05) is 19.1 Å². The van der Waals surface area contributed by atoms with E-state index >= 15 is 0 Å². The van der Waals surface area contributed by atoms with Gasteiger partial charge in [-0.3, -0.25) is 9.59 Å². The van der Waals surface area contributed by atoms with Gasteiger partial charge in [-0.15, -0.1) is 11.6 Å². The molecule has 0 spiro atoms. The minimum absolute atomic E-state index is 0.0128. The van der Waals surface area contributed by atoms with E-state index in [0.29, 0.717) is 0 Å². The molecule has 2 amide bonds. The van der Waals surface area contributed by atoms with Crippen molar-refractivity contribution in [2.45, 2.75) is 6.92 Å². The predicted molar refractivity (Wildman–Crippen MR) is 75.9 cm³/mol. The molecule has 0 saturated carbocycles. The van der Waals surface area contributed by atoms with Gasteiger partial charge in [0.05, 0.1) is 6.54 Å². The van der Waals surface area contributed by atoms with Gasteiger partial charge in [0.1, 0.15) is 5.88 Å². The maximum absolute atomic E-state index is 11.7. The topological polar surface area (TPSA) is 49.4 Å².